The van der Waals surface area contributed by atoms with Gasteiger partial charge in [-0.1, -0.05) is 18.2 Å². The molecule has 2 aromatic heterocycles. The molecule has 0 radical (unpaired) electrons. The van der Waals surface area contributed by atoms with Gasteiger partial charge >= 0.3 is 0 Å². The van der Waals surface area contributed by atoms with Gasteiger partial charge in [-0.05, 0) is 36.2 Å². The lowest BCUT2D eigenvalue weighted by Crippen LogP contribution is -2.29. The predicted octanol–water partition coefficient (Wildman–Crippen LogP) is 2.81. The molecule has 0 saturated carbocycles. The summed E-state index contributed by atoms with van der Waals surface area (Å²) in [6.07, 6.45) is 5.33. The molecule has 26 heavy (non-hydrogen) atoms. The maximum Gasteiger partial charge on any atom is 0.259 e. The van der Waals surface area contributed by atoms with E-state index in [4.69, 9.17) is 4.42 Å². The van der Waals surface area contributed by atoms with Gasteiger partial charge in [0.1, 0.15) is 5.76 Å². The molecule has 0 fully saturated rings. The van der Waals surface area contributed by atoms with E-state index in [9.17, 15) is 9.59 Å². The highest BCUT2D eigenvalue weighted by Gasteiger charge is 2.25. The first-order chi connectivity index (χ1) is 12.7. The van der Waals surface area contributed by atoms with Crippen LogP contribution in [0.4, 0.5) is 5.69 Å². The number of anilines is 1. The Bertz CT molecular complexity index is 950. The van der Waals surface area contributed by atoms with Gasteiger partial charge in [0.15, 0.2) is 0 Å². The molecule has 1 N–H and O–H groups in total. The van der Waals surface area contributed by atoms with E-state index in [1.165, 1.54) is 12.4 Å². The fourth-order valence-electron chi connectivity index (χ4n) is 3.07. The van der Waals surface area contributed by atoms with Gasteiger partial charge in [-0.25, -0.2) is 0 Å². The molecule has 0 bridgehead atoms. The molecule has 1 aromatic carbocycles. The zero-order chi connectivity index (χ0) is 17.9. The Morgan fingerprint density at radius 2 is 1.96 bits per heavy atom. The molecule has 0 unspecified atom stereocenters. The maximum atomic E-state index is 12.9. The Morgan fingerprint density at radius 3 is 2.81 bits per heavy atom. The number of benzene rings is 1. The fourth-order valence-corrected chi connectivity index (χ4v) is 3.07. The van der Waals surface area contributed by atoms with Crippen molar-refractivity contribution in [1.29, 1.82) is 0 Å². The van der Waals surface area contributed by atoms with Crippen molar-refractivity contribution in [3.63, 3.8) is 0 Å². The van der Waals surface area contributed by atoms with Crippen molar-refractivity contribution >= 4 is 17.5 Å². The number of nitrogens with zero attached hydrogens (tertiary/aromatic N) is 2. The minimum Gasteiger partial charge on any atom is -0.467 e. The second-order valence-corrected chi connectivity index (χ2v) is 6.06. The third kappa shape index (κ3) is 3.09. The number of pyridine rings is 1. The quantitative estimate of drug-likeness (QED) is 0.787. The highest BCUT2D eigenvalue weighted by Crippen LogP contribution is 2.28. The van der Waals surface area contributed by atoms with E-state index in [0.29, 0.717) is 23.4 Å². The maximum absolute atomic E-state index is 12.9. The van der Waals surface area contributed by atoms with E-state index in [2.05, 4.69) is 10.3 Å². The lowest BCUT2D eigenvalue weighted by molar-refractivity contribution is 0.0947. The Hall–Kier alpha value is -3.41. The summed E-state index contributed by atoms with van der Waals surface area (Å²) in [6, 6.07) is 13.0. The fraction of sp³-hybridized carbons (Fsp3) is 0.150. The Morgan fingerprint density at radius 1 is 1.12 bits per heavy atom. The topological polar surface area (TPSA) is 75.4 Å². The van der Waals surface area contributed by atoms with Gasteiger partial charge < -0.3 is 14.6 Å². The van der Waals surface area contributed by atoms with Crippen molar-refractivity contribution in [3.05, 3.63) is 83.6 Å². The van der Waals surface area contributed by atoms with Crippen LogP contribution in [0.3, 0.4) is 0 Å². The monoisotopic (exact) mass is 347 g/mol. The minimum absolute atomic E-state index is 0.150. The first kappa shape index (κ1) is 16.1. The summed E-state index contributed by atoms with van der Waals surface area (Å²) in [5, 5.41) is 2.76. The number of rotatable bonds is 4. The van der Waals surface area contributed by atoms with Crippen LogP contribution in [0.15, 0.2) is 65.5 Å². The number of fused-ring (bicyclic) bond motifs is 1. The van der Waals surface area contributed by atoms with Gasteiger partial charge in [0.2, 0.25) is 0 Å². The molecular formula is C20H17N3O3. The number of para-hydroxylation sites is 1. The highest BCUT2D eigenvalue weighted by molar-refractivity contribution is 6.08. The van der Waals surface area contributed by atoms with E-state index >= 15 is 0 Å². The number of nitrogens with one attached hydrogen (secondary N) is 1. The molecule has 6 nitrogen and oxygen atoms in total. The normalized spacial score (nSPS) is 12.7. The van der Waals surface area contributed by atoms with Crippen LogP contribution in [0.1, 0.15) is 32.0 Å². The molecule has 3 aromatic rings. The van der Waals surface area contributed by atoms with Crippen LogP contribution in [0.25, 0.3) is 0 Å². The van der Waals surface area contributed by atoms with Crippen LogP contribution in [-0.4, -0.2) is 23.3 Å². The van der Waals surface area contributed by atoms with Crippen molar-refractivity contribution in [2.24, 2.45) is 0 Å². The van der Waals surface area contributed by atoms with Gasteiger partial charge in [-0.3, -0.25) is 14.6 Å². The second-order valence-electron chi connectivity index (χ2n) is 6.06. The lowest BCUT2D eigenvalue weighted by Gasteiger charge is -2.17. The number of hydrogen-bond acceptors (Lipinski definition) is 4. The third-order valence-corrected chi connectivity index (χ3v) is 4.38. The molecule has 130 valence electrons. The number of carbonyl (C=O) groups is 2. The van der Waals surface area contributed by atoms with E-state index in [1.54, 1.807) is 29.4 Å². The summed E-state index contributed by atoms with van der Waals surface area (Å²) in [5.74, 6) is 0.209. The summed E-state index contributed by atoms with van der Waals surface area (Å²) in [6.45, 7) is 0.913. The largest absolute Gasteiger partial charge is 0.467 e. The Balaban J connectivity index is 1.50. The molecule has 3 heterocycles. The van der Waals surface area contributed by atoms with Crippen LogP contribution in [0.2, 0.25) is 0 Å². The van der Waals surface area contributed by atoms with E-state index in [0.717, 1.165) is 17.7 Å². The number of aromatic nitrogens is 1. The average Bonchev–Trinajstić information content (AvgIpc) is 3.35. The van der Waals surface area contributed by atoms with Crippen LogP contribution >= 0.6 is 0 Å². The molecule has 0 aliphatic carbocycles. The van der Waals surface area contributed by atoms with E-state index in [-0.39, 0.29) is 18.4 Å². The third-order valence-electron chi connectivity index (χ3n) is 4.38. The zero-order valence-corrected chi connectivity index (χ0v) is 14.0. The number of carbonyl (C=O) groups excluding carboxylic acids is 2. The van der Waals surface area contributed by atoms with Crippen molar-refractivity contribution in [3.8, 4) is 0 Å². The van der Waals surface area contributed by atoms with Crippen LogP contribution in [-0.2, 0) is 13.0 Å². The zero-order valence-electron chi connectivity index (χ0n) is 14.0. The molecule has 4 rings (SSSR count). The van der Waals surface area contributed by atoms with Crippen molar-refractivity contribution in [1.82, 2.24) is 10.3 Å². The van der Waals surface area contributed by atoms with E-state index in [1.807, 2.05) is 24.3 Å². The average molecular weight is 347 g/mol. The van der Waals surface area contributed by atoms with Crippen molar-refractivity contribution in [2.45, 2.75) is 13.0 Å². The first-order valence-electron chi connectivity index (χ1n) is 8.38. The summed E-state index contributed by atoms with van der Waals surface area (Å²) in [5.41, 5.74) is 2.81. The molecular weight excluding hydrogens is 330 g/mol. The molecule has 1 aliphatic rings. The number of hydrogen-bond donors (Lipinski definition) is 1. The van der Waals surface area contributed by atoms with Gasteiger partial charge in [0.25, 0.3) is 11.8 Å². The highest BCUT2D eigenvalue weighted by atomic mass is 16.3. The summed E-state index contributed by atoms with van der Waals surface area (Å²) in [4.78, 5) is 31.0. The Labute approximate surface area is 150 Å². The molecule has 1 aliphatic heterocycles. The molecule has 0 spiro atoms. The minimum atomic E-state index is -0.301. The smallest absolute Gasteiger partial charge is 0.259 e. The first-order valence-corrected chi connectivity index (χ1v) is 8.38. The molecule has 0 atom stereocenters. The van der Waals surface area contributed by atoms with Crippen LogP contribution in [0.5, 0.6) is 0 Å². The van der Waals surface area contributed by atoms with Crippen LogP contribution in [0, 0.1) is 0 Å². The summed E-state index contributed by atoms with van der Waals surface area (Å²) in [7, 11) is 0. The van der Waals surface area contributed by atoms with Gasteiger partial charge in [-0.2, -0.15) is 0 Å². The SMILES string of the molecule is O=C(NCc1ccco1)c1cncc(C(=O)N2CCc3ccccc32)c1. The lowest BCUT2D eigenvalue weighted by atomic mass is 10.1. The molecule has 2 amide bonds. The summed E-state index contributed by atoms with van der Waals surface area (Å²) < 4.78 is 5.19. The second kappa shape index (κ2) is 6.84. The van der Waals surface area contributed by atoms with Crippen LogP contribution < -0.4 is 10.2 Å². The molecule has 6 heteroatoms. The van der Waals surface area contributed by atoms with Gasteiger partial charge in [0.05, 0.1) is 23.9 Å². The predicted molar refractivity (Wildman–Crippen MR) is 95.9 cm³/mol. The van der Waals surface area contributed by atoms with Gasteiger partial charge in [0, 0.05) is 24.6 Å². The number of furan rings is 1. The van der Waals surface area contributed by atoms with Crippen molar-refractivity contribution in [2.75, 3.05) is 11.4 Å². The standard InChI is InChI=1S/C20H17N3O3/c24-19(22-13-17-5-3-9-26-17)15-10-16(12-21-11-15)20(25)23-8-7-14-4-1-2-6-18(14)23/h1-6,9-12H,7-8,13H2,(H,22,24). The van der Waals surface area contributed by atoms with Crippen molar-refractivity contribution < 1.29 is 14.0 Å². The molecule has 0 saturated heterocycles. The summed E-state index contributed by atoms with van der Waals surface area (Å²) >= 11 is 0. The number of amides is 2. The Kier molecular flexibility index (Phi) is 4.23. The van der Waals surface area contributed by atoms with Gasteiger partial charge in [-0.15, -0.1) is 0 Å². The van der Waals surface area contributed by atoms with E-state index < -0.39 is 0 Å².